The van der Waals surface area contributed by atoms with Gasteiger partial charge in [0.15, 0.2) is 0 Å². The quantitative estimate of drug-likeness (QED) is 0.310. The van der Waals surface area contributed by atoms with Crippen LogP contribution in [0.1, 0.15) is 40.0 Å². The largest absolute Gasteiger partial charge is 0.495 e. The fourth-order valence-corrected chi connectivity index (χ4v) is 3.47. The summed E-state index contributed by atoms with van der Waals surface area (Å²) in [6.45, 7) is 6.79. The summed E-state index contributed by atoms with van der Waals surface area (Å²) in [4.78, 5) is 52.1. The number of benzene rings is 1. The SMILES string of the molecule is CCCCN(CCC(=O)Nc1cc([N+](=O)[O-])ccc1OC)c1c(N)n(CC(C)C)c(=O)[nH]c1=O. The minimum atomic E-state index is -0.612. The molecule has 0 aliphatic rings. The summed E-state index contributed by atoms with van der Waals surface area (Å²) in [7, 11) is 1.39. The average Bonchev–Trinajstić information content (AvgIpc) is 2.77. The van der Waals surface area contributed by atoms with Crippen molar-refractivity contribution in [3.05, 3.63) is 49.2 Å². The van der Waals surface area contributed by atoms with Gasteiger partial charge in [-0.3, -0.25) is 29.3 Å². The molecule has 186 valence electrons. The van der Waals surface area contributed by atoms with E-state index in [9.17, 15) is 24.5 Å². The minimum absolute atomic E-state index is 0.0300. The number of non-ortho nitro benzene ring substituents is 1. The molecule has 0 atom stereocenters. The summed E-state index contributed by atoms with van der Waals surface area (Å²) < 4.78 is 6.50. The van der Waals surface area contributed by atoms with Crippen LogP contribution in [0.3, 0.4) is 0 Å². The summed E-state index contributed by atoms with van der Waals surface area (Å²) in [5.41, 5.74) is 5.18. The molecule has 0 aliphatic heterocycles. The lowest BCUT2D eigenvalue weighted by molar-refractivity contribution is -0.384. The molecule has 1 amide bonds. The van der Waals surface area contributed by atoms with Crippen LogP contribution in [0.25, 0.3) is 0 Å². The highest BCUT2D eigenvalue weighted by Gasteiger charge is 2.21. The van der Waals surface area contributed by atoms with Gasteiger partial charge in [-0.05, 0) is 18.4 Å². The smallest absolute Gasteiger partial charge is 0.330 e. The van der Waals surface area contributed by atoms with Crippen LogP contribution >= 0.6 is 0 Å². The molecule has 4 N–H and O–H groups in total. The Morgan fingerprint density at radius 1 is 1.32 bits per heavy atom. The molecule has 34 heavy (non-hydrogen) atoms. The number of nitrogens with two attached hydrogens (primary N) is 1. The highest BCUT2D eigenvalue weighted by atomic mass is 16.6. The van der Waals surface area contributed by atoms with E-state index < -0.39 is 22.1 Å². The van der Waals surface area contributed by atoms with Crippen molar-refractivity contribution >= 4 is 28.8 Å². The van der Waals surface area contributed by atoms with Crippen molar-refractivity contribution in [3.8, 4) is 5.75 Å². The summed E-state index contributed by atoms with van der Waals surface area (Å²) in [6.07, 6.45) is 1.55. The molecule has 1 aromatic heterocycles. The third-order valence-corrected chi connectivity index (χ3v) is 5.14. The van der Waals surface area contributed by atoms with Crippen LogP contribution in [0.2, 0.25) is 0 Å². The van der Waals surface area contributed by atoms with E-state index in [1.807, 2.05) is 20.8 Å². The number of unbranched alkanes of at least 4 members (excludes halogenated alkanes) is 1. The van der Waals surface area contributed by atoms with E-state index >= 15 is 0 Å². The third kappa shape index (κ3) is 6.59. The second-order valence-corrected chi connectivity index (χ2v) is 8.28. The molecule has 0 radical (unpaired) electrons. The molecular weight excluding hydrogens is 444 g/mol. The lowest BCUT2D eigenvalue weighted by atomic mass is 10.2. The average molecular weight is 477 g/mol. The van der Waals surface area contributed by atoms with Crippen molar-refractivity contribution in [2.45, 2.75) is 46.6 Å². The van der Waals surface area contributed by atoms with E-state index in [0.29, 0.717) is 13.1 Å². The first-order chi connectivity index (χ1) is 16.1. The van der Waals surface area contributed by atoms with Crippen LogP contribution in [-0.2, 0) is 11.3 Å². The maximum absolute atomic E-state index is 12.7. The first-order valence-corrected chi connectivity index (χ1v) is 11.1. The molecule has 12 heteroatoms. The zero-order valence-corrected chi connectivity index (χ0v) is 19.9. The van der Waals surface area contributed by atoms with Crippen LogP contribution in [0.4, 0.5) is 22.9 Å². The predicted octanol–water partition coefficient (Wildman–Crippen LogP) is 2.33. The first kappa shape index (κ1) is 26.4. The first-order valence-electron chi connectivity index (χ1n) is 11.1. The number of H-pyrrole nitrogens is 1. The van der Waals surface area contributed by atoms with Crippen molar-refractivity contribution in [3.63, 3.8) is 0 Å². The fraction of sp³-hybridized carbons (Fsp3) is 0.500. The van der Waals surface area contributed by atoms with Gasteiger partial charge in [0, 0.05) is 38.2 Å². The number of aromatic amines is 1. The lowest BCUT2D eigenvalue weighted by Crippen LogP contribution is -2.40. The number of nitrogens with one attached hydrogen (secondary N) is 2. The lowest BCUT2D eigenvalue weighted by Gasteiger charge is -2.26. The van der Waals surface area contributed by atoms with Crippen LogP contribution in [-0.4, -0.2) is 40.6 Å². The molecule has 0 saturated heterocycles. The number of carbonyl (C=O) groups excluding carboxylic acids is 1. The zero-order chi connectivity index (χ0) is 25.4. The molecule has 0 aliphatic carbocycles. The number of nitrogens with zero attached hydrogens (tertiary/aromatic N) is 3. The van der Waals surface area contributed by atoms with Gasteiger partial charge in [0.05, 0.1) is 17.7 Å². The molecule has 12 nitrogen and oxygen atoms in total. The Bertz CT molecular complexity index is 1140. The van der Waals surface area contributed by atoms with E-state index in [-0.39, 0.29) is 47.5 Å². The number of carbonyl (C=O) groups is 1. The van der Waals surface area contributed by atoms with Gasteiger partial charge in [-0.25, -0.2) is 4.79 Å². The summed E-state index contributed by atoms with van der Waals surface area (Å²) in [6, 6.07) is 3.90. The van der Waals surface area contributed by atoms with Gasteiger partial charge in [0.1, 0.15) is 17.3 Å². The molecule has 0 bridgehead atoms. The molecular formula is C22H32N6O6. The minimum Gasteiger partial charge on any atom is -0.495 e. The number of nitro groups is 1. The maximum atomic E-state index is 12.7. The van der Waals surface area contributed by atoms with Gasteiger partial charge in [-0.1, -0.05) is 27.2 Å². The monoisotopic (exact) mass is 476 g/mol. The van der Waals surface area contributed by atoms with Crippen molar-refractivity contribution in [2.75, 3.05) is 36.1 Å². The van der Waals surface area contributed by atoms with Crippen molar-refractivity contribution in [1.29, 1.82) is 0 Å². The summed E-state index contributed by atoms with van der Waals surface area (Å²) >= 11 is 0. The Balaban J connectivity index is 2.28. The molecule has 1 aromatic carbocycles. The number of nitrogen functional groups attached to an aromatic ring is 1. The normalized spacial score (nSPS) is 10.9. The van der Waals surface area contributed by atoms with Gasteiger partial charge in [-0.2, -0.15) is 0 Å². The van der Waals surface area contributed by atoms with E-state index in [1.54, 1.807) is 4.90 Å². The number of anilines is 3. The van der Waals surface area contributed by atoms with Crippen molar-refractivity contribution in [1.82, 2.24) is 9.55 Å². The van der Waals surface area contributed by atoms with Crippen LogP contribution in [0.15, 0.2) is 27.8 Å². The van der Waals surface area contributed by atoms with Gasteiger partial charge >= 0.3 is 5.69 Å². The van der Waals surface area contributed by atoms with E-state index in [1.165, 1.54) is 29.9 Å². The number of ether oxygens (including phenoxy) is 1. The van der Waals surface area contributed by atoms with E-state index in [2.05, 4.69) is 10.3 Å². The van der Waals surface area contributed by atoms with E-state index in [0.717, 1.165) is 12.8 Å². The Morgan fingerprint density at radius 2 is 2.03 bits per heavy atom. The van der Waals surface area contributed by atoms with Gasteiger partial charge in [0.25, 0.3) is 11.2 Å². The fourth-order valence-electron chi connectivity index (χ4n) is 3.47. The number of hydrogen-bond acceptors (Lipinski definition) is 8. The number of amides is 1. The summed E-state index contributed by atoms with van der Waals surface area (Å²) in [5, 5.41) is 13.7. The van der Waals surface area contributed by atoms with Gasteiger partial charge < -0.3 is 20.7 Å². The molecule has 2 rings (SSSR count). The molecule has 0 fully saturated rings. The topological polar surface area (TPSA) is 166 Å². The maximum Gasteiger partial charge on any atom is 0.330 e. The van der Waals surface area contributed by atoms with Gasteiger partial charge in [-0.15, -0.1) is 0 Å². The van der Waals surface area contributed by atoms with Crippen LogP contribution < -0.4 is 31.9 Å². The second-order valence-electron chi connectivity index (χ2n) is 8.28. The number of nitro benzene ring substituents is 1. The molecule has 0 saturated carbocycles. The third-order valence-electron chi connectivity index (χ3n) is 5.14. The predicted molar refractivity (Wildman–Crippen MR) is 131 cm³/mol. The number of hydrogen-bond donors (Lipinski definition) is 3. The highest BCUT2D eigenvalue weighted by molar-refractivity contribution is 5.93. The van der Waals surface area contributed by atoms with Gasteiger partial charge in [0.2, 0.25) is 5.91 Å². The van der Waals surface area contributed by atoms with Crippen molar-refractivity contribution in [2.24, 2.45) is 5.92 Å². The van der Waals surface area contributed by atoms with Crippen LogP contribution in [0.5, 0.6) is 5.75 Å². The van der Waals surface area contributed by atoms with E-state index in [4.69, 9.17) is 10.5 Å². The highest BCUT2D eigenvalue weighted by Crippen LogP contribution is 2.29. The standard InChI is InChI=1S/C22H32N6O6/c1-5-6-10-26(19-20(23)27(13-14(2)3)22(31)25-21(19)30)11-9-18(29)24-16-12-15(28(32)33)7-8-17(16)34-4/h7-8,12,14H,5-6,9-11,13,23H2,1-4H3,(H,24,29)(H,25,30,31). The molecule has 2 aromatic rings. The Morgan fingerprint density at radius 3 is 2.62 bits per heavy atom. The van der Waals surface area contributed by atoms with Crippen molar-refractivity contribution < 1.29 is 14.5 Å². The Labute approximate surface area is 196 Å². The Hall–Kier alpha value is -3.83. The zero-order valence-electron chi connectivity index (χ0n) is 19.9. The molecule has 0 unspecified atom stereocenters. The number of aromatic nitrogens is 2. The molecule has 1 heterocycles. The Kier molecular flexibility index (Phi) is 9.22. The summed E-state index contributed by atoms with van der Waals surface area (Å²) in [5.74, 6) is 0.0342. The van der Waals surface area contributed by atoms with Crippen LogP contribution in [0, 0.1) is 16.0 Å². The molecule has 0 spiro atoms. The number of methoxy groups -OCH3 is 1. The second kappa shape index (κ2) is 11.9. The number of rotatable bonds is 12.